The molecule has 0 saturated heterocycles. The fourth-order valence-corrected chi connectivity index (χ4v) is 1.25. The van der Waals surface area contributed by atoms with Crippen molar-refractivity contribution in [3.63, 3.8) is 0 Å². The van der Waals surface area contributed by atoms with Gasteiger partial charge in [0.15, 0.2) is 0 Å². The summed E-state index contributed by atoms with van der Waals surface area (Å²) in [5, 5.41) is 13.9. The summed E-state index contributed by atoms with van der Waals surface area (Å²) < 4.78 is 5.24. The number of oxime groups is 1. The number of halogens is 1. The number of ether oxygens (including phenoxy) is 1. The first-order chi connectivity index (χ1) is 8.58. The second-order valence-electron chi connectivity index (χ2n) is 4.12. The first-order valence-electron chi connectivity index (χ1n) is 5.78. The second kappa shape index (κ2) is 8.08. The summed E-state index contributed by atoms with van der Waals surface area (Å²) in [5.74, 6) is 0. The van der Waals surface area contributed by atoms with Gasteiger partial charge < -0.3 is 14.7 Å². The van der Waals surface area contributed by atoms with Gasteiger partial charge in [-0.3, -0.25) is 0 Å². The highest BCUT2D eigenvalue weighted by atomic mass is 35.5. The van der Waals surface area contributed by atoms with E-state index in [2.05, 4.69) is 5.16 Å². The van der Waals surface area contributed by atoms with Gasteiger partial charge in [-0.25, -0.2) is 0 Å². The van der Waals surface area contributed by atoms with Crippen molar-refractivity contribution in [3.05, 3.63) is 34.9 Å². The first-order valence-corrected chi connectivity index (χ1v) is 6.16. The lowest BCUT2D eigenvalue weighted by Crippen LogP contribution is -2.22. The average Bonchev–Trinajstić information content (AvgIpc) is 2.34. The molecule has 18 heavy (non-hydrogen) atoms. The molecule has 1 aromatic rings. The fourth-order valence-electron chi connectivity index (χ4n) is 1.13. The number of nitrogens with zero attached hydrogens (tertiary/aromatic N) is 1. The van der Waals surface area contributed by atoms with Gasteiger partial charge in [-0.05, 0) is 31.5 Å². The average molecular weight is 272 g/mol. The molecule has 0 aromatic heterocycles. The minimum absolute atomic E-state index is 0.0946. The molecule has 1 N–H and O–H groups in total. The molecule has 1 unspecified atom stereocenters. The number of rotatable bonds is 7. The van der Waals surface area contributed by atoms with E-state index in [1.807, 2.05) is 26.0 Å². The Balaban J connectivity index is 2.22. The molecule has 5 heteroatoms. The van der Waals surface area contributed by atoms with Crippen molar-refractivity contribution >= 4 is 17.8 Å². The van der Waals surface area contributed by atoms with E-state index >= 15 is 0 Å². The molecule has 1 aromatic carbocycles. The topological polar surface area (TPSA) is 51.0 Å². The van der Waals surface area contributed by atoms with Crippen LogP contribution in [-0.4, -0.2) is 36.7 Å². The molecule has 0 saturated carbocycles. The standard InChI is InChI=1S/C13H18ClNO3/c1-10(2)17-8-13(16)9-18-15-7-11-3-5-12(14)6-4-11/h3-7,10,13,16H,8-9H2,1-2H3/b15-7+. The van der Waals surface area contributed by atoms with Crippen molar-refractivity contribution in [1.29, 1.82) is 0 Å². The molecule has 0 aliphatic carbocycles. The van der Waals surface area contributed by atoms with Gasteiger partial charge in [-0.15, -0.1) is 0 Å². The highest BCUT2D eigenvalue weighted by molar-refractivity contribution is 6.30. The van der Waals surface area contributed by atoms with Gasteiger partial charge in [0.1, 0.15) is 12.7 Å². The Labute approximate surface area is 112 Å². The SMILES string of the molecule is CC(C)OCC(O)CO/N=C/c1ccc(Cl)cc1. The molecule has 0 aliphatic heterocycles. The molecule has 0 amide bonds. The summed E-state index contributed by atoms with van der Waals surface area (Å²) in [7, 11) is 0. The van der Waals surface area contributed by atoms with Crippen LogP contribution in [0, 0.1) is 0 Å². The highest BCUT2D eigenvalue weighted by Gasteiger charge is 2.05. The lowest BCUT2D eigenvalue weighted by atomic mass is 10.2. The van der Waals surface area contributed by atoms with E-state index in [-0.39, 0.29) is 19.3 Å². The lowest BCUT2D eigenvalue weighted by molar-refractivity contribution is -0.0343. The van der Waals surface area contributed by atoms with Gasteiger partial charge in [0, 0.05) is 5.02 Å². The largest absolute Gasteiger partial charge is 0.393 e. The van der Waals surface area contributed by atoms with Gasteiger partial charge in [0.2, 0.25) is 0 Å². The Bertz CT molecular complexity index is 365. The van der Waals surface area contributed by atoms with Crippen LogP contribution in [0.3, 0.4) is 0 Å². The van der Waals surface area contributed by atoms with Gasteiger partial charge in [-0.1, -0.05) is 28.9 Å². The maximum absolute atomic E-state index is 9.49. The van der Waals surface area contributed by atoms with Gasteiger partial charge in [0.05, 0.1) is 18.9 Å². The van der Waals surface area contributed by atoms with Crippen molar-refractivity contribution in [3.8, 4) is 0 Å². The number of hydrogen-bond acceptors (Lipinski definition) is 4. The molecule has 1 atom stereocenters. The van der Waals surface area contributed by atoms with Crippen LogP contribution >= 0.6 is 11.6 Å². The Morgan fingerprint density at radius 2 is 1.94 bits per heavy atom. The van der Waals surface area contributed by atoms with E-state index in [0.717, 1.165) is 5.56 Å². The molecule has 0 heterocycles. The number of benzene rings is 1. The number of aliphatic hydroxyl groups excluding tert-OH is 1. The van der Waals surface area contributed by atoms with E-state index in [1.165, 1.54) is 0 Å². The van der Waals surface area contributed by atoms with Crippen molar-refractivity contribution < 1.29 is 14.7 Å². The minimum atomic E-state index is -0.672. The van der Waals surface area contributed by atoms with Crippen molar-refractivity contribution in [2.45, 2.75) is 26.1 Å². The number of hydrogen-bond donors (Lipinski definition) is 1. The zero-order chi connectivity index (χ0) is 13.4. The van der Waals surface area contributed by atoms with Crippen LogP contribution in [0.2, 0.25) is 5.02 Å². The van der Waals surface area contributed by atoms with Crippen molar-refractivity contribution in [1.82, 2.24) is 0 Å². The van der Waals surface area contributed by atoms with E-state index in [0.29, 0.717) is 5.02 Å². The van der Waals surface area contributed by atoms with Crippen molar-refractivity contribution in [2.75, 3.05) is 13.2 Å². The summed E-state index contributed by atoms with van der Waals surface area (Å²) in [5.41, 5.74) is 0.882. The van der Waals surface area contributed by atoms with Crippen LogP contribution in [0.4, 0.5) is 0 Å². The molecular formula is C13H18ClNO3. The third kappa shape index (κ3) is 6.59. The summed E-state index contributed by atoms with van der Waals surface area (Å²) in [6, 6.07) is 7.20. The smallest absolute Gasteiger partial charge is 0.145 e. The predicted molar refractivity (Wildman–Crippen MR) is 72.1 cm³/mol. The Kier molecular flexibility index (Phi) is 6.72. The van der Waals surface area contributed by atoms with Crippen molar-refractivity contribution in [2.24, 2.45) is 5.16 Å². The third-order valence-electron chi connectivity index (χ3n) is 2.04. The Morgan fingerprint density at radius 3 is 2.56 bits per heavy atom. The maximum atomic E-state index is 9.49. The normalized spacial score (nSPS) is 13.2. The highest BCUT2D eigenvalue weighted by Crippen LogP contribution is 2.07. The summed E-state index contributed by atoms with van der Waals surface area (Å²) in [6.07, 6.45) is 0.985. The van der Waals surface area contributed by atoms with Gasteiger partial charge >= 0.3 is 0 Å². The monoisotopic (exact) mass is 271 g/mol. The quantitative estimate of drug-likeness (QED) is 0.612. The molecule has 100 valence electrons. The van der Waals surface area contributed by atoms with Crippen LogP contribution in [0.5, 0.6) is 0 Å². The lowest BCUT2D eigenvalue weighted by Gasteiger charge is -2.11. The molecule has 1 rings (SSSR count). The maximum Gasteiger partial charge on any atom is 0.145 e. The Morgan fingerprint density at radius 1 is 1.28 bits per heavy atom. The fraction of sp³-hybridized carbons (Fsp3) is 0.462. The zero-order valence-electron chi connectivity index (χ0n) is 10.5. The third-order valence-corrected chi connectivity index (χ3v) is 2.29. The molecule has 0 radical (unpaired) electrons. The Hall–Kier alpha value is -1.10. The summed E-state index contributed by atoms with van der Waals surface area (Å²) in [6.45, 7) is 4.17. The predicted octanol–water partition coefficient (Wildman–Crippen LogP) is 2.48. The molecular weight excluding hydrogens is 254 g/mol. The number of aliphatic hydroxyl groups is 1. The van der Waals surface area contributed by atoms with Gasteiger partial charge in [-0.2, -0.15) is 0 Å². The first kappa shape index (κ1) is 15.0. The van der Waals surface area contributed by atoms with Crippen LogP contribution < -0.4 is 0 Å². The molecule has 0 spiro atoms. The van der Waals surface area contributed by atoms with Crippen LogP contribution in [-0.2, 0) is 9.57 Å². The minimum Gasteiger partial charge on any atom is -0.393 e. The van der Waals surface area contributed by atoms with E-state index < -0.39 is 6.10 Å². The van der Waals surface area contributed by atoms with Crippen LogP contribution in [0.15, 0.2) is 29.4 Å². The second-order valence-corrected chi connectivity index (χ2v) is 4.55. The van der Waals surface area contributed by atoms with Gasteiger partial charge in [0.25, 0.3) is 0 Å². The van der Waals surface area contributed by atoms with E-state index in [1.54, 1.807) is 18.3 Å². The molecule has 4 nitrogen and oxygen atoms in total. The van der Waals surface area contributed by atoms with Crippen LogP contribution in [0.1, 0.15) is 19.4 Å². The summed E-state index contributed by atoms with van der Waals surface area (Å²) in [4.78, 5) is 4.97. The van der Waals surface area contributed by atoms with E-state index in [9.17, 15) is 5.11 Å². The molecule has 0 bridgehead atoms. The van der Waals surface area contributed by atoms with E-state index in [4.69, 9.17) is 21.2 Å². The summed E-state index contributed by atoms with van der Waals surface area (Å²) >= 11 is 5.75. The molecule has 0 aliphatic rings. The van der Waals surface area contributed by atoms with Crippen LogP contribution in [0.25, 0.3) is 0 Å². The molecule has 0 fully saturated rings. The zero-order valence-corrected chi connectivity index (χ0v) is 11.3.